The third-order valence-electron chi connectivity index (χ3n) is 3.54. The van der Waals surface area contributed by atoms with Crippen molar-refractivity contribution in [2.45, 2.75) is 0 Å². The number of para-hydroxylation sites is 1. The molecule has 3 nitrogen and oxygen atoms in total. The highest BCUT2D eigenvalue weighted by molar-refractivity contribution is 9.11. The van der Waals surface area contributed by atoms with E-state index >= 15 is 0 Å². The molecule has 114 valence electrons. The molecule has 0 aliphatic carbocycles. The predicted molar refractivity (Wildman–Crippen MR) is 99.4 cm³/mol. The lowest BCUT2D eigenvalue weighted by Crippen LogP contribution is -1.93. The summed E-state index contributed by atoms with van der Waals surface area (Å²) in [6, 6.07) is 20.5. The Kier molecular flexibility index (Phi) is 4.59. The fourth-order valence-electron chi connectivity index (χ4n) is 2.45. The van der Waals surface area contributed by atoms with Crippen LogP contribution in [0.15, 0.2) is 75.7 Å². The standard InChI is InChI=1S/C18H11Br2NO2/c19-13-10-8-12(9-11-13)14-5-3-6-16(18(14)20)15-4-1-2-7-17(15)21(22)23/h1-11H. The van der Waals surface area contributed by atoms with E-state index in [0.29, 0.717) is 5.56 Å². The van der Waals surface area contributed by atoms with Crippen molar-refractivity contribution in [2.75, 3.05) is 0 Å². The van der Waals surface area contributed by atoms with E-state index < -0.39 is 0 Å². The molecule has 0 radical (unpaired) electrons. The van der Waals surface area contributed by atoms with Crippen LogP contribution < -0.4 is 0 Å². The van der Waals surface area contributed by atoms with E-state index in [4.69, 9.17) is 0 Å². The summed E-state index contributed by atoms with van der Waals surface area (Å²) >= 11 is 7.05. The summed E-state index contributed by atoms with van der Waals surface area (Å²) in [6.07, 6.45) is 0. The van der Waals surface area contributed by atoms with E-state index in [1.165, 1.54) is 6.07 Å². The SMILES string of the molecule is O=[N+]([O-])c1ccccc1-c1cccc(-c2ccc(Br)cc2)c1Br. The lowest BCUT2D eigenvalue weighted by atomic mass is 9.98. The molecular formula is C18H11Br2NO2. The Hall–Kier alpha value is -1.98. The number of nitro groups is 1. The number of nitro benzene ring substituents is 1. The van der Waals surface area contributed by atoms with Gasteiger partial charge in [-0.15, -0.1) is 0 Å². The van der Waals surface area contributed by atoms with E-state index in [0.717, 1.165) is 25.6 Å². The number of hydrogen-bond acceptors (Lipinski definition) is 2. The van der Waals surface area contributed by atoms with Crippen LogP contribution in [0.25, 0.3) is 22.3 Å². The second kappa shape index (κ2) is 6.64. The highest BCUT2D eigenvalue weighted by Gasteiger charge is 2.18. The lowest BCUT2D eigenvalue weighted by molar-refractivity contribution is -0.384. The van der Waals surface area contributed by atoms with Crippen molar-refractivity contribution in [3.8, 4) is 22.3 Å². The van der Waals surface area contributed by atoms with Gasteiger partial charge in [0, 0.05) is 20.6 Å². The average molecular weight is 433 g/mol. The maximum absolute atomic E-state index is 11.3. The van der Waals surface area contributed by atoms with Crippen molar-refractivity contribution in [1.29, 1.82) is 0 Å². The largest absolute Gasteiger partial charge is 0.277 e. The third-order valence-corrected chi connectivity index (χ3v) is 4.93. The van der Waals surface area contributed by atoms with E-state index in [9.17, 15) is 10.1 Å². The second-order valence-corrected chi connectivity index (χ2v) is 6.66. The van der Waals surface area contributed by atoms with Gasteiger partial charge in [-0.2, -0.15) is 0 Å². The van der Waals surface area contributed by atoms with Gasteiger partial charge in [0.15, 0.2) is 0 Å². The van der Waals surface area contributed by atoms with Crippen LogP contribution in [0.4, 0.5) is 5.69 Å². The van der Waals surface area contributed by atoms with Crippen molar-refractivity contribution in [3.05, 3.63) is 85.8 Å². The molecule has 3 rings (SSSR count). The molecule has 0 heterocycles. The minimum atomic E-state index is -0.353. The highest BCUT2D eigenvalue weighted by atomic mass is 79.9. The second-order valence-electron chi connectivity index (χ2n) is 4.95. The Labute approximate surface area is 150 Å². The van der Waals surface area contributed by atoms with Crippen molar-refractivity contribution < 1.29 is 4.92 Å². The smallest absolute Gasteiger partial charge is 0.258 e. The quantitative estimate of drug-likeness (QED) is 0.352. The highest BCUT2D eigenvalue weighted by Crippen LogP contribution is 2.40. The van der Waals surface area contributed by atoms with Crippen LogP contribution in [0.5, 0.6) is 0 Å². The van der Waals surface area contributed by atoms with Crippen molar-refractivity contribution in [3.63, 3.8) is 0 Å². The molecule has 0 N–H and O–H groups in total. The van der Waals surface area contributed by atoms with Gasteiger partial charge in [-0.25, -0.2) is 0 Å². The summed E-state index contributed by atoms with van der Waals surface area (Å²) in [5.74, 6) is 0. The van der Waals surface area contributed by atoms with Crippen LogP contribution in [-0.4, -0.2) is 4.92 Å². The van der Waals surface area contributed by atoms with Crippen molar-refractivity contribution in [2.24, 2.45) is 0 Å². The van der Waals surface area contributed by atoms with Crippen LogP contribution in [0, 0.1) is 10.1 Å². The Morgan fingerprint density at radius 3 is 2.04 bits per heavy atom. The molecule has 0 saturated heterocycles. The number of hydrogen-bond donors (Lipinski definition) is 0. The van der Waals surface area contributed by atoms with E-state index in [1.807, 2.05) is 42.5 Å². The maximum atomic E-state index is 11.3. The van der Waals surface area contributed by atoms with Crippen LogP contribution in [0.3, 0.4) is 0 Å². The minimum Gasteiger partial charge on any atom is -0.258 e. The summed E-state index contributed by atoms with van der Waals surface area (Å²) in [6.45, 7) is 0. The normalized spacial score (nSPS) is 10.5. The molecule has 0 atom stereocenters. The molecule has 0 aliphatic rings. The first-order chi connectivity index (χ1) is 11.1. The molecule has 5 heteroatoms. The third kappa shape index (κ3) is 3.21. The van der Waals surface area contributed by atoms with E-state index in [1.54, 1.807) is 18.2 Å². The Morgan fingerprint density at radius 2 is 1.35 bits per heavy atom. The predicted octanol–water partition coefficient (Wildman–Crippen LogP) is 6.45. The first kappa shape index (κ1) is 15.9. The van der Waals surface area contributed by atoms with Crippen molar-refractivity contribution >= 4 is 37.5 Å². The van der Waals surface area contributed by atoms with Gasteiger partial charge in [0.2, 0.25) is 0 Å². The van der Waals surface area contributed by atoms with Gasteiger partial charge in [-0.1, -0.05) is 58.4 Å². The Morgan fingerprint density at radius 1 is 0.739 bits per heavy atom. The fraction of sp³-hybridized carbons (Fsp3) is 0. The van der Waals surface area contributed by atoms with E-state index in [2.05, 4.69) is 31.9 Å². The van der Waals surface area contributed by atoms with Crippen LogP contribution in [-0.2, 0) is 0 Å². The van der Waals surface area contributed by atoms with Gasteiger partial charge in [0.1, 0.15) is 0 Å². The molecular weight excluding hydrogens is 422 g/mol. The first-order valence-corrected chi connectivity index (χ1v) is 8.45. The van der Waals surface area contributed by atoms with Gasteiger partial charge in [0.05, 0.1) is 10.5 Å². The number of nitrogens with zero attached hydrogens (tertiary/aromatic N) is 1. The summed E-state index contributed by atoms with van der Waals surface area (Å²) < 4.78 is 1.85. The summed E-state index contributed by atoms with van der Waals surface area (Å²) in [5.41, 5.74) is 3.54. The maximum Gasteiger partial charge on any atom is 0.277 e. The van der Waals surface area contributed by atoms with Gasteiger partial charge in [0.25, 0.3) is 5.69 Å². The molecule has 3 aromatic carbocycles. The first-order valence-electron chi connectivity index (χ1n) is 6.86. The molecule has 0 aliphatic heterocycles. The lowest BCUT2D eigenvalue weighted by Gasteiger charge is -2.11. The zero-order valence-corrected chi connectivity index (χ0v) is 15.0. The average Bonchev–Trinajstić information content (AvgIpc) is 2.56. The molecule has 0 bridgehead atoms. The molecule has 0 spiro atoms. The van der Waals surface area contributed by atoms with Gasteiger partial charge in [-0.05, 0) is 45.3 Å². The zero-order chi connectivity index (χ0) is 16.4. The summed E-state index contributed by atoms with van der Waals surface area (Å²) in [5, 5.41) is 11.3. The molecule has 0 saturated carbocycles. The van der Waals surface area contributed by atoms with Crippen LogP contribution in [0.1, 0.15) is 0 Å². The van der Waals surface area contributed by atoms with Crippen molar-refractivity contribution in [1.82, 2.24) is 0 Å². The molecule has 0 amide bonds. The molecule has 0 fully saturated rings. The molecule has 0 unspecified atom stereocenters. The molecule has 23 heavy (non-hydrogen) atoms. The zero-order valence-electron chi connectivity index (χ0n) is 11.9. The van der Waals surface area contributed by atoms with Crippen LogP contribution in [0.2, 0.25) is 0 Å². The monoisotopic (exact) mass is 431 g/mol. The number of benzene rings is 3. The van der Waals surface area contributed by atoms with E-state index in [-0.39, 0.29) is 10.6 Å². The van der Waals surface area contributed by atoms with Gasteiger partial charge >= 0.3 is 0 Å². The summed E-state index contributed by atoms with van der Waals surface area (Å²) in [4.78, 5) is 10.9. The summed E-state index contributed by atoms with van der Waals surface area (Å²) in [7, 11) is 0. The Balaban J connectivity index is 2.18. The van der Waals surface area contributed by atoms with Crippen LogP contribution >= 0.6 is 31.9 Å². The number of halogens is 2. The Bertz CT molecular complexity index is 876. The van der Waals surface area contributed by atoms with Gasteiger partial charge in [-0.3, -0.25) is 10.1 Å². The van der Waals surface area contributed by atoms with Gasteiger partial charge < -0.3 is 0 Å². The fourth-order valence-corrected chi connectivity index (χ4v) is 3.42. The topological polar surface area (TPSA) is 43.1 Å². The molecule has 3 aromatic rings. The molecule has 0 aromatic heterocycles. The number of rotatable bonds is 3. The minimum absolute atomic E-state index is 0.0983.